The third kappa shape index (κ3) is 3.40. The van der Waals surface area contributed by atoms with Crippen molar-refractivity contribution < 1.29 is 4.39 Å². The summed E-state index contributed by atoms with van der Waals surface area (Å²) >= 11 is 0. The Morgan fingerprint density at radius 1 is 1.30 bits per heavy atom. The van der Waals surface area contributed by atoms with Crippen LogP contribution in [0, 0.1) is 12.7 Å². The zero-order chi connectivity index (χ0) is 14.5. The number of likely N-dealkylation sites (N-methyl/N-ethyl adjacent to an activating group) is 1. The number of nitrogens with two attached hydrogens (primary N) is 1. The van der Waals surface area contributed by atoms with Gasteiger partial charge in [-0.25, -0.2) is 4.39 Å². The standard InChI is InChI=1S/C16H20FN3/c1-12-6-7-15(17)14(9-12)16(10-18)20(2)11-13-5-3-4-8-19-13/h3-9,16H,10-11,18H2,1-2H3. The van der Waals surface area contributed by atoms with E-state index in [0.29, 0.717) is 18.7 Å². The quantitative estimate of drug-likeness (QED) is 0.910. The molecule has 0 aliphatic heterocycles. The van der Waals surface area contributed by atoms with E-state index < -0.39 is 0 Å². The predicted molar refractivity (Wildman–Crippen MR) is 78.6 cm³/mol. The number of benzene rings is 1. The average Bonchev–Trinajstić information content (AvgIpc) is 2.44. The van der Waals surface area contributed by atoms with Gasteiger partial charge in [-0.15, -0.1) is 0 Å². The molecule has 1 heterocycles. The molecule has 20 heavy (non-hydrogen) atoms. The van der Waals surface area contributed by atoms with Crippen molar-refractivity contribution in [3.63, 3.8) is 0 Å². The number of halogens is 1. The van der Waals surface area contributed by atoms with E-state index in [-0.39, 0.29) is 11.9 Å². The maximum absolute atomic E-state index is 14.0. The highest BCUT2D eigenvalue weighted by Gasteiger charge is 2.19. The number of hydrogen-bond donors (Lipinski definition) is 1. The van der Waals surface area contributed by atoms with Crippen molar-refractivity contribution in [2.45, 2.75) is 19.5 Å². The summed E-state index contributed by atoms with van der Waals surface area (Å²) in [5.41, 5.74) is 8.47. The smallest absolute Gasteiger partial charge is 0.128 e. The van der Waals surface area contributed by atoms with E-state index in [1.165, 1.54) is 6.07 Å². The molecule has 0 saturated carbocycles. The number of pyridine rings is 1. The Balaban J connectivity index is 2.21. The van der Waals surface area contributed by atoms with E-state index >= 15 is 0 Å². The van der Waals surface area contributed by atoms with Crippen LogP contribution in [-0.2, 0) is 6.54 Å². The van der Waals surface area contributed by atoms with Gasteiger partial charge in [0.05, 0.1) is 11.7 Å². The van der Waals surface area contributed by atoms with Gasteiger partial charge in [0.15, 0.2) is 0 Å². The Bertz CT molecular complexity index is 557. The van der Waals surface area contributed by atoms with Gasteiger partial charge in [-0.05, 0) is 32.2 Å². The summed E-state index contributed by atoms with van der Waals surface area (Å²) in [6.45, 7) is 2.95. The van der Waals surface area contributed by atoms with Crippen molar-refractivity contribution in [2.24, 2.45) is 5.73 Å². The second kappa shape index (κ2) is 6.59. The van der Waals surface area contributed by atoms with Gasteiger partial charge < -0.3 is 5.73 Å². The van der Waals surface area contributed by atoms with Crippen molar-refractivity contribution in [1.82, 2.24) is 9.88 Å². The Morgan fingerprint density at radius 2 is 2.10 bits per heavy atom. The zero-order valence-corrected chi connectivity index (χ0v) is 11.9. The number of nitrogens with zero attached hydrogens (tertiary/aromatic N) is 2. The molecule has 0 bridgehead atoms. The average molecular weight is 273 g/mol. The fourth-order valence-corrected chi connectivity index (χ4v) is 2.32. The first-order valence-electron chi connectivity index (χ1n) is 6.68. The highest BCUT2D eigenvalue weighted by Crippen LogP contribution is 2.23. The van der Waals surface area contributed by atoms with Gasteiger partial charge in [0, 0.05) is 24.8 Å². The van der Waals surface area contributed by atoms with Crippen LogP contribution in [0.4, 0.5) is 4.39 Å². The summed E-state index contributed by atoms with van der Waals surface area (Å²) in [6, 6.07) is 10.8. The minimum Gasteiger partial charge on any atom is -0.329 e. The second-order valence-corrected chi connectivity index (χ2v) is 5.01. The van der Waals surface area contributed by atoms with Crippen LogP contribution in [-0.4, -0.2) is 23.5 Å². The van der Waals surface area contributed by atoms with E-state index in [0.717, 1.165) is 11.3 Å². The van der Waals surface area contributed by atoms with Gasteiger partial charge in [0.1, 0.15) is 5.82 Å². The Morgan fingerprint density at radius 3 is 2.75 bits per heavy atom. The fourth-order valence-electron chi connectivity index (χ4n) is 2.32. The van der Waals surface area contributed by atoms with Crippen molar-refractivity contribution >= 4 is 0 Å². The summed E-state index contributed by atoms with van der Waals surface area (Å²) < 4.78 is 14.0. The summed E-state index contributed by atoms with van der Waals surface area (Å²) in [5.74, 6) is -0.209. The van der Waals surface area contributed by atoms with Crippen molar-refractivity contribution in [3.8, 4) is 0 Å². The molecule has 1 aromatic heterocycles. The molecule has 0 spiro atoms. The van der Waals surface area contributed by atoms with Gasteiger partial charge in [0.25, 0.3) is 0 Å². The van der Waals surface area contributed by atoms with Crippen LogP contribution in [0.5, 0.6) is 0 Å². The summed E-state index contributed by atoms with van der Waals surface area (Å²) in [7, 11) is 1.94. The molecular formula is C16H20FN3. The fraction of sp³-hybridized carbons (Fsp3) is 0.312. The maximum Gasteiger partial charge on any atom is 0.128 e. The highest BCUT2D eigenvalue weighted by atomic mass is 19.1. The number of aromatic nitrogens is 1. The predicted octanol–water partition coefficient (Wildman–Crippen LogP) is 2.66. The van der Waals surface area contributed by atoms with Crippen molar-refractivity contribution in [1.29, 1.82) is 0 Å². The molecule has 0 aliphatic carbocycles. The molecule has 0 fully saturated rings. The first-order chi connectivity index (χ1) is 9.61. The van der Waals surface area contributed by atoms with Crippen LogP contribution in [0.15, 0.2) is 42.6 Å². The molecule has 106 valence electrons. The zero-order valence-electron chi connectivity index (χ0n) is 11.9. The first kappa shape index (κ1) is 14.6. The number of aryl methyl sites for hydroxylation is 1. The van der Waals surface area contributed by atoms with Crippen molar-refractivity contribution in [3.05, 3.63) is 65.2 Å². The lowest BCUT2D eigenvalue weighted by atomic mass is 10.0. The van der Waals surface area contributed by atoms with Gasteiger partial charge in [-0.3, -0.25) is 9.88 Å². The number of hydrogen-bond acceptors (Lipinski definition) is 3. The second-order valence-electron chi connectivity index (χ2n) is 5.01. The summed E-state index contributed by atoms with van der Waals surface area (Å²) in [4.78, 5) is 6.32. The summed E-state index contributed by atoms with van der Waals surface area (Å²) in [5, 5.41) is 0. The van der Waals surface area contributed by atoms with Crippen LogP contribution in [0.3, 0.4) is 0 Å². The largest absolute Gasteiger partial charge is 0.329 e. The van der Waals surface area contributed by atoms with E-state index in [9.17, 15) is 4.39 Å². The van der Waals surface area contributed by atoms with Gasteiger partial charge in [0.2, 0.25) is 0 Å². The topological polar surface area (TPSA) is 42.1 Å². The normalized spacial score (nSPS) is 12.7. The Labute approximate surface area is 119 Å². The van der Waals surface area contributed by atoms with E-state index in [1.807, 2.05) is 43.1 Å². The molecule has 1 aromatic carbocycles. The minimum absolute atomic E-state index is 0.156. The molecule has 3 nitrogen and oxygen atoms in total. The summed E-state index contributed by atoms with van der Waals surface area (Å²) in [6.07, 6.45) is 1.76. The van der Waals surface area contributed by atoms with E-state index in [2.05, 4.69) is 4.98 Å². The SMILES string of the molecule is Cc1ccc(F)c(C(CN)N(C)Cc2ccccn2)c1. The van der Waals surface area contributed by atoms with Gasteiger partial charge in [-0.1, -0.05) is 23.8 Å². The molecule has 2 N–H and O–H groups in total. The van der Waals surface area contributed by atoms with Crippen LogP contribution in [0.25, 0.3) is 0 Å². The lowest BCUT2D eigenvalue weighted by molar-refractivity contribution is 0.234. The monoisotopic (exact) mass is 273 g/mol. The Hall–Kier alpha value is -1.78. The molecule has 2 aromatic rings. The molecule has 0 aliphatic rings. The third-order valence-electron chi connectivity index (χ3n) is 3.40. The molecule has 4 heteroatoms. The van der Waals surface area contributed by atoms with Crippen LogP contribution in [0.1, 0.15) is 22.9 Å². The van der Waals surface area contributed by atoms with Gasteiger partial charge in [-0.2, -0.15) is 0 Å². The van der Waals surface area contributed by atoms with Crippen LogP contribution >= 0.6 is 0 Å². The highest BCUT2D eigenvalue weighted by molar-refractivity contribution is 5.27. The van der Waals surface area contributed by atoms with Crippen LogP contribution < -0.4 is 5.73 Å². The Kier molecular flexibility index (Phi) is 4.82. The third-order valence-corrected chi connectivity index (χ3v) is 3.40. The molecular weight excluding hydrogens is 253 g/mol. The molecule has 1 unspecified atom stereocenters. The molecule has 0 radical (unpaired) electrons. The van der Waals surface area contributed by atoms with E-state index in [4.69, 9.17) is 5.73 Å². The molecule has 1 atom stereocenters. The lowest BCUT2D eigenvalue weighted by Gasteiger charge is -2.27. The maximum atomic E-state index is 14.0. The van der Waals surface area contributed by atoms with Crippen molar-refractivity contribution in [2.75, 3.05) is 13.6 Å². The molecule has 2 rings (SSSR count). The lowest BCUT2D eigenvalue weighted by Crippen LogP contribution is -2.31. The first-order valence-corrected chi connectivity index (χ1v) is 6.68. The molecule has 0 amide bonds. The van der Waals surface area contributed by atoms with Gasteiger partial charge >= 0.3 is 0 Å². The number of rotatable bonds is 5. The minimum atomic E-state index is -0.209. The molecule has 0 saturated heterocycles. The van der Waals surface area contributed by atoms with Crippen LogP contribution in [0.2, 0.25) is 0 Å². The van der Waals surface area contributed by atoms with E-state index in [1.54, 1.807) is 12.3 Å².